The van der Waals surface area contributed by atoms with Gasteiger partial charge in [-0.3, -0.25) is 0 Å². The van der Waals surface area contributed by atoms with Gasteiger partial charge in [-0.1, -0.05) is 12.1 Å². The lowest BCUT2D eigenvalue weighted by molar-refractivity contribution is -0.141. The molecule has 1 fully saturated rings. The van der Waals surface area contributed by atoms with E-state index in [1.54, 1.807) is 0 Å². The molecule has 0 aliphatic carbocycles. The fourth-order valence-electron chi connectivity index (χ4n) is 2.25. The molecule has 2 aromatic rings. The Bertz CT molecular complexity index is 637. The van der Waals surface area contributed by atoms with Gasteiger partial charge < -0.3 is 15.4 Å². The summed E-state index contributed by atoms with van der Waals surface area (Å²) in [6.07, 6.45) is -2.70. The molecule has 1 atom stereocenters. The Kier molecular flexibility index (Phi) is 4.44. The Balaban J connectivity index is 1.66. The molecule has 1 aromatic carbocycles. The Morgan fingerprint density at radius 2 is 1.91 bits per heavy atom. The zero-order valence-corrected chi connectivity index (χ0v) is 12.1. The number of halogens is 3. The molecule has 23 heavy (non-hydrogen) atoms. The smallest absolute Gasteiger partial charge is 0.371 e. The van der Waals surface area contributed by atoms with E-state index in [0.29, 0.717) is 18.5 Å². The summed E-state index contributed by atoms with van der Waals surface area (Å²) in [6, 6.07) is 7.48. The number of hydrogen-bond acceptors (Lipinski definition) is 5. The fourth-order valence-corrected chi connectivity index (χ4v) is 2.25. The highest BCUT2D eigenvalue weighted by molar-refractivity contribution is 5.55. The van der Waals surface area contributed by atoms with E-state index in [1.807, 2.05) is 24.3 Å². The highest BCUT2D eigenvalue weighted by Gasteiger charge is 2.32. The molecule has 0 amide bonds. The van der Waals surface area contributed by atoms with E-state index >= 15 is 0 Å². The van der Waals surface area contributed by atoms with Gasteiger partial charge in [0, 0.05) is 18.8 Å². The number of anilines is 2. The van der Waals surface area contributed by atoms with Crippen LogP contribution < -0.4 is 10.6 Å². The van der Waals surface area contributed by atoms with Crippen LogP contribution in [0.2, 0.25) is 0 Å². The molecule has 2 N–H and O–H groups in total. The van der Waals surface area contributed by atoms with E-state index < -0.39 is 11.9 Å². The summed E-state index contributed by atoms with van der Waals surface area (Å²) in [5.41, 5.74) is 0.744. The van der Waals surface area contributed by atoms with Crippen LogP contribution in [0.5, 0.6) is 0 Å². The standard InChI is InChI=1S/C15H15F3N4O/c16-15(17,18)13-8-21-14(9-20-13)22-11-3-1-10(2-4-11)12-7-19-5-6-23-12/h1-4,8-9,12,19H,5-7H2,(H,21,22). The number of nitrogens with zero attached hydrogens (tertiary/aromatic N) is 2. The lowest BCUT2D eigenvalue weighted by Crippen LogP contribution is -2.33. The second-order valence-corrected chi connectivity index (χ2v) is 5.10. The van der Waals surface area contributed by atoms with E-state index in [4.69, 9.17) is 4.74 Å². The number of aromatic nitrogens is 2. The molecule has 1 saturated heterocycles. The summed E-state index contributed by atoms with van der Waals surface area (Å²) in [6.45, 7) is 2.28. The molecule has 8 heteroatoms. The van der Waals surface area contributed by atoms with E-state index in [9.17, 15) is 13.2 Å². The van der Waals surface area contributed by atoms with Gasteiger partial charge in [-0.05, 0) is 17.7 Å². The van der Waals surface area contributed by atoms with Crippen LogP contribution in [0, 0.1) is 0 Å². The van der Waals surface area contributed by atoms with Gasteiger partial charge in [-0.2, -0.15) is 13.2 Å². The summed E-state index contributed by atoms with van der Waals surface area (Å²) in [7, 11) is 0. The maximum absolute atomic E-state index is 12.4. The van der Waals surface area contributed by atoms with Crippen LogP contribution in [0.4, 0.5) is 24.7 Å². The van der Waals surface area contributed by atoms with Gasteiger partial charge in [-0.15, -0.1) is 0 Å². The fraction of sp³-hybridized carbons (Fsp3) is 0.333. The second kappa shape index (κ2) is 6.51. The molecule has 122 valence electrons. The van der Waals surface area contributed by atoms with Crippen molar-refractivity contribution in [3.05, 3.63) is 47.9 Å². The Labute approximate surface area is 130 Å². The predicted octanol–water partition coefficient (Wildman–Crippen LogP) is 2.90. The summed E-state index contributed by atoms with van der Waals surface area (Å²) in [4.78, 5) is 7.08. The van der Waals surface area contributed by atoms with Crippen LogP contribution in [0.3, 0.4) is 0 Å². The van der Waals surface area contributed by atoms with Crippen molar-refractivity contribution in [1.29, 1.82) is 0 Å². The second-order valence-electron chi connectivity index (χ2n) is 5.10. The first kappa shape index (κ1) is 15.7. The third kappa shape index (κ3) is 3.96. The minimum Gasteiger partial charge on any atom is -0.371 e. The van der Waals surface area contributed by atoms with E-state index in [2.05, 4.69) is 20.6 Å². The molecule has 0 bridgehead atoms. The Morgan fingerprint density at radius 3 is 2.48 bits per heavy atom. The molecular formula is C15H15F3N4O. The Morgan fingerprint density at radius 1 is 1.13 bits per heavy atom. The zero-order valence-electron chi connectivity index (χ0n) is 12.1. The minimum absolute atomic E-state index is 0.0173. The van der Waals surface area contributed by atoms with E-state index in [0.717, 1.165) is 24.8 Å². The third-order valence-corrected chi connectivity index (χ3v) is 3.42. The van der Waals surface area contributed by atoms with Crippen molar-refractivity contribution in [1.82, 2.24) is 15.3 Å². The van der Waals surface area contributed by atoms with Gasteiger partial charge >= 0.3 is 6.18 Å². The van der Waals surface area contributed by atoms with Crippen molar-refractivity contribution in [2.24, 2.45) is 0 Å². The summed E-state index contributed by atoms with van der Waals surface area (Å²) in [5, 5.41) is 6.17. The van der Waals surface area contributed by atoms with Crippen LogP contribution >= 0.6 is 0 Å². The first-order valence-corrected chi connectivity index (χ1v) is 7.11. The van der Waals surface area contributed by atoms with Gasteiger partial charge in [-0.25, -0.2) is 9.97 Å². The molecule has 0 saturated carbocycles. The number of alkyl halides is 3. The first-order valence-electron chi connectivity index (χ1n) is 7.11. The van der Waals surface area contributed by atoms with E-state index in [-0.39, 0.29) is 11.9 Å². The highest BCUT2D eigenvalue weighted by atomic mass is 19.4. The topological polar surface area (TPSA) is 59.1 Å². The predicted molar refractivity (Wildman–Crippen MR) is 78.3 cm³/mol. The van der Waals surface area contributed by atoms with E-state index in [1.165, 1.54) is 0 Å². The summed E-state index contributed by atoms with van der Waals surface area (Å²) in [5.74, 6) is 0.251. The van der Waals surface area contributed by atoms with Crippen LogP contribution in [-0.2, 0) is 10.9 Å². The molecule has 1 aromatic heterocycles. The number of nitrogens with one attached hydrogen (secondary N) is 2. The van der Waals surface area contributed by atoms with Crippen LogP contribution in [-0.4, -0.2) is 29.7 Å². The molecule has 0 spiro atoms. The highest BCUT2D eigenvalue weighted by Crippen LogP contribution is 2.27. The van der Waals surface area contributed by atoms with Crippen molar-refractivity contribution >= 4 is 11.5 Å². The van der Waals surface area contributed by atoms with Crippen molar-refractivity contribution < 1.29 is 17.9 Å². The lowest BCUT2D eigenvalue weighted by atomic mass is 10.1. The van der Waals surface area contributed by atoms with Crippen molar-refractivity contribution in [3.63, 3.8) is 0 Å². The molecule has 3 rings (SSSR count). The molecular weight excluding hydrogens is 309 g/mol. The van der Waals surface area contributed by atoms with Gasteiger partial charge in [0.1, 0.15) is 5.82 Å². The van der Waals surface area contributed by atoms with Crippen LogP contribution in [0.25, 0.3) is 0 Å². The number of benzene rings is 1. The SMILES string of the molecule is FC(F)(F)c1cnc(Nc2ccc(C3CNCCO3)cc2)cn1. The lowest BCUT2D eigenvalue weighted by Gasteiger charge is -2.24. The molecule has 5 nitrogen and oxygen atoms in total. The molecule has 1 aliphatic rings. The maximum atomic E-state index is 12.4. The third-order valence-electron chi connectivity index (χ3n) is 3.42. The molecule has 1 unspecified atom stereocenters. The van der Waals surface area contributed by atoms with Gasteiger partial charge in [0.2, 0.25) is 0 Å². The number of ether oxygens (including phenoxy) is 1. The maximum Gasteiger partial charge on any atom is 0.434 e. The van der Waals surface area contributed by atoms with Crippen molar-refractivity contribution in [3.8, 4) is 0 Å². The average Bonchev–Trinajstić information content (AvgIpc) is 2.56. The first-order chi connectivity index (χ1) is 11.0. The monoisotopic (exact) mass is 324 g/mol. The average molecular weight is 324 g/mol. The van der Waals surface area contributed by atoms with Gasteiger partial charge in [0.15, 0.2) is 5.69 Å². The molecule has 2 heterocycles. The minimum atomic E-state index is -4.48. The van der Waals surface area contributed by atoms with Gasteiger partial charge in [0.25, 0.3) is 0 Å². The van der Waals surface area contributed by atoms with Crippen LogP contribution in [0.1, 0.15) is 17.4 Å². The number of morpholine rings is 1. The molecule has 1 aliphatic heterocycles. The van der Waals surface area contributed by atoms with Crippen molar-refractivity contribution in [2.75, 3.05) is 25.0 Å². The van der Waals surface area contributed by atoms with Crippen LogP contribution in [0.15, 0.2) is 36.7 Å². The van der Waals surface area contributed by atoms with Crippen molar-refractivity contribution in [2.45, 2.75) is 12.3 Å². The number of rotatable bonds is 3. The summed E-state index contributed by atoms with van der Waals surface area (Å²) < 4.78 is 42.9. The molecule has 0 radical (unpaired) electrons. The van der Waals surface area contributed by atoms with Gasteiger partial charge in [0.05, 0.1) is 25.1 Å². The normalized spacial score (nSPS) is 18.7. The number of hydrogen-bond donors (Lipinski definition) is 2. The largest absolute Gasteiger partial charge is 0.434 e. The Hall–Kier alpha value is -2.19. The quantitative estimate of drug-likeness (QED) is 0.909. The zero-order chi connectivity index (χ0) is 16.3. The summed E-state index contributed by atoms with van der Waals surface area (Å²) >= 11 is 0.